The minimum atomic E-state index is -3.84. The molecular weight excluding hydrogens is 510 g/mol. The second-order valence-electron chi connectivity index (χ2n) is 8.93. The molecule has 0 saturated carbocycles. The van der Waals surface area contributed by atoms with Crippen molar-refractivity contribution in [3.8, 4) is 17.2 Å². The highest BCUT2D eigenvalue weighted by Crippen LogP contribution is 2.35. The minimum absolute atomic E-state index is 0.117. The van der Waals surface area contributed by atoms with Crippen LogP contribution in [0.3, 0.4) is 0 Å². The fourth-order valence-electron chi connectivity index (χ4n) is 3.95. The smallest absolute Gasteiger partial charge is 0.244 e. The van der Waals surface area contributed by atoms with E-state index in [2.05, 4.69) is 5.32 Å². The number of ether oxygens (including phenoxy) is 3. The van der Waals surface area contributed by atoms with Crippen LogP contribution in [0.25, 0.3) is 0 Å². The Balaban J connectivity index is 1.91. The second kappa shape index (κ2) is 13.4. The van der Waals surface area contributed by atoms with Crippen molar-refractivity contribution in [2.45, 2.75) is 46.2 Å². The maximum Gasteiger partial charge on any atom is 0.244 e. The summed E-state index contributed by atoms with van der Waals surface area (Å²) < 4.78 is 43.7. The number of benzene rings is 2. The number of anilines is 1. The summed E-state index contributed by atoms with van der Waals surface area (Å²) in [7, 11) is -2.28. The highest BCUT2D eigenvalue weighted by molar-refractivity contribution is 7.92. The molecule has 1 aliphatic rings. The van der Waals surface area contributed by atoms with Gasteiger partial charge in [-0.05, 0) is 50.1 Å². The van der Waals surface area contributed by atoms with Crippen LogP contribution in [0.15, 0.2) is 42.5 Å². The van der Waals surface area contributed by atoms with E-state index in [1.807, 2.05) is 19.1 Å². The van der Waals surface area contributed by atoms with Crippen LogP contribution in [0.1, 0.15) is 39.2 Å². The van der Waals surface area contributed by atoms with E-state index in [-0.39, 0.29) is 23.9 Å². The summed E-state index contributed by atoms with van der Waals surface area (Å²) >= 11 is 0. The van der Waals surface area contributed by atoms with Gasteiger partial charge in [0.15, 0.2) is 11.5 Å². The Bertz CT molecular complexity index is 1200. The average Bonchev–Trinajstić information content (AvgIpc) is 2.94. The predicted octanol–water partition coefficient (Wildman–Crippen LogP) is 2.96. The van der Waals surface area contributed by atoms with Gasteiger partial charge >= 0.3 is 0 Å². The number of unbranched alkanes of at least 4 members (excludes halogenated alkanes) is 1. The predicted molar refractivity (Wildman–Crippen MR) is 145 cm³/mol. The van der Waals surface area contributed by atoms with Gasteiger partial charge in [0.1, 0.15) is 31.5 Å². The number of hydrogen-bond donors (Lipinski definition) is 1. The van der Waals surface area contributed by atoms with Crippen molar-refractivity contribution in [2.75, 3.05) is 43.5 Å². The zero-order chi connectivity index (χ0) is 27.7. The lowest BCUT2D eigenvalue weighted by Crippen LogP contribution is -2.51. The second-order valence-corrected chi connectivity index (χ2v) is 11.1. The van der Waals surface area contributed by atoms with E-state index < -0.39 is 28.5 Å². The molecule has 11 heteroatoms. The fourth-order valence-corrected chi connectivity index (χ4v) is 5.01. The third kappa shape index (κ3) is 7.31. The molecule has 0 fully saturated rings. The van der Waals surface area contributed by atoms with E-state index in [1.54, 1.807) is 44.4 Å². The fraction of sp³-hybridized carbons (Fsp3) is 0.481. The van der Waals surface area contributed by atoms with Gasteiger partial charge in [-0.2, -0.15) is 0 Å². The quantitative estimate of drug-likeness (QED) is 0.384. The van der Waals surface area contributed by atoms with Crippen molar-refractivity contribution in [3.05, 3.63) is 48.0 Å². The third-order valence-corrected chi connectivity index (χ3v) is 8.04. The van der Waals surface area contributed by atoms with Crippen LogP contribution in [-0.4, -0.2) is 70.3 Å². The zero-order valence-electron chi connectivity index (χ0n) is 22.4. The normalized spacial score (nSPS) is 13.4. The average molecular weight is 548 g/mol. The van der Waals surface area contributed by atoms with E-state index >= 15 is 0 Å². The van der Waals surface area contributed by atoms with Gasteiger partial charge in [-0.15, -0.1) is 0 Å². The van der Waals surface area contributed by atoms with Crippen LogP contribution < -0.4 is 23.8 Å². The first-order chi connectivity index (χ1) is 18.2. The number of amides is 2. The van der Waals surface area contributed by atoms with Crippen molar-refractivity contribution in [1.82, 2.24) is 10.2 Å². The lowest BCUT2D eigenvalue weighted by atomic mass is 10.1. The number of nitrogens with zero attached hydrogens (tertiary/aromatic N) is 2. The monoisotopic (exact) mass is 547 g/mol. The highest BCUT2D eigenvalue weighted by Gasteiger charge is 2.31. The molecule has 10 nitrogen and oxygen atoms in total. The first kappa shape index (κ1) is 29.1. The Hall–Kier alpha value is -3.47. The van der Waals surface area contributed by atoms with Crippen LogP contribution in [0.4, 0.5) is 5.69 Å². The largest absolute Gasteiger partial charge is 0.497 e. The van der Waals surface area contributed by atoms with E-state index in [4.69, 9.17) is 14.2 Å². The van der Waals surface area contributed by atoms with Crippen molar-refractivity contribution in [2.24, 2.45) is 0 Å². The first-order valence-electron chi connectivity index (χ1n) is 12.8. The number of rotatable bonds is 13. The third-order valence-electron chi connectivity index (χ3n) is 6.30. The van der Waals surface area contributed by atoms with Crippen LogP contribution in [0.2, 0.25) is 0 Å². The van der Waals surface area contributed by atoms with Gasteiger partial charge in [0.25, 0.3) is 0 Å². The molecule has 0 radical (unpaired) electrons. The standard InChI is InChI=1S/C27H37N3O7S/c1-5-7-14-28-27(32)20(3)29(18-21-8-11-23(35-4)12-9-21)26(31)19-30(38(33,34)6-2)22-10-13-24-25(17-22)37-16-15-36-24/h8-13,17,20H,5-7,14-16,18-19H2,1-4H3,(H,28,32). The number of nitrogens with one attached hydrogen (secondary N) is 1. The lowest BCUT2D eigenvalue weighted by Gasteiger charge is -2.32. The van der Waals surface area contributed by atoms with Crippen molar-refractivity contribution >= 4 is 27.5 Å². The Kier molecular flexibility index (Phi) is 10.2. The van der Waals surface area contributed by atoms with Crippen molar-refractivity contribution in [1.29, 1.82) is 0 Å². The molecule has 38 heavy (non-hydrogen) atoms. The molecule has 1 N–H and O–H groups in total. The van der Waals surface area contributed by atoms with Gasteiger partial charge in [0.2, 0.25) is 21.8 Å². The number of fused-ring (bicyclic) bond motifs is 1. The van der Waals surface area contributed by atoms with Crippen LogP contribution in [0.5, 0.6) is 17.2 Å². The van der Waals surface area contributed by atoms with Gasteiger partial charge in [0.05, 0.1) is 18.6 Å². The maximum absolute atomic E-state index is 13.7. The molecule has 2 aromatic rings. The summed E-state index contributed by atoms with van der Waals surface area (Å²) in [5, 5.41) is 2.87. The van der Waals surface area contributed by atoms with Crippen LogP contribution >= 0.6 is 0 Å². The molecule has 3 rings (SSSR count). The molecule has 1 heterocycles. The number of methoxy groups -OCH3 is 1. The van der Waals surface area contributed by atoms with Crippen LogP contribution in [-0.2, 0) is 26.2 Å². The van der Waals surface area contributed by atoms with Crippen LogP contribution in [0, 0.1) is 0 Å². The van der Waals surface area contributed by atoms with Gasteiger partial charge in [-0.1, -0.05) is 25.5 Å². The summed E-state index contributed by atoms with van der Waals surface area (Å²) in [6.07, 6.45) is 1.74. The van der Waals surface area contributed by atoms with E-state index in [0.717, 1.165) is 22.7 Å². The van der Waals surface area contributed by atoms with E-state index in [0.29, 0.717) is 37.0 Å². The molecule has 1 atom stereocenters. The van der Waals surface area contributed by atoms with Gasteiger partial charge in [0, 0.05) is 19.2 Å². The first-order valence-corrected chi connectivity index (χ1v) is 14.4. The van der Waals surface area contributed by atoms with Crippen molar-refractivity contribution < 1.29 is 32.2 Å². The molecule has 0 bridgehead atoms. The van der Waals surface area contributed by atoms with E-state index in [9.17, 15) is 18.0 Å². The van der Waals surface area contributed by atoms with Crippen molar-refractivity contribution in [3.63, 3.8) is 0 Å². The molecule has 0 saturated heterocycles. The topological polar surface area (TPSA) is 114 Å². The lowest BCUT2D eigenvalue weighted by molar-refractivity contribution is -0.139. The van der Waals surface area contributed by atoms with Gasteiger partial charge < -0.3 is 24.4 Å². The summed E-state index contributed by atoms with van der Waals surface area (Å²) in [6, 6.07) is 11.1. The minimum Gasteiger partial charge on any atom is -0.497 e. The Morgan fingerprint density at radius 1 is 1.05 bits per heavy atom. The molecule has 2 aromatic carbocycles. The van der Waals surface area contributed by atoms with Gasteiger partial charge in [-0.25, -0.2) is 8.42 Å². The molecule has 0 aliphatic carbocycles. The number of hydrogen-bond acceptors (Lipinski definition) is 7. The number of carbonyl (C=O) groups excluding carboxylic acids is 2. The van der Waals surface area contributed by atoms with E-state index in [1.165, 1.54) is 11.8 Å². The summed E-state index contributed by atoms with van der Waals surface area (Å²) in [4.78, 5) is 28.1. The summed E-state index contributed by atoms with van der Waals surface area (Å²) in [5.74, 6) is 0.571. The Labute approximate surface area is 224 Å². The zero-order valence-corrected chi connectivity index (χ0v) is 23.3. The molecular formula is C27H37N3O7S. The number of sulfonamides is 1. The molecule has 208 valence electrons. The Morgan fingerprint density at radius 2 is 1.74 bits per heavy atom. The van der Waals surface area contributed by atoms with Gasteiger partial charge in [-0.3, -0.25) is 13.9 Å². The summed E-state index contributed by atoms with van der Waals surface area (Å²) in [5.41, 5.74) is 1.06. The SMILES string of the molecule is CCCCNC(=O)C(C)N(Cc1ccc(OC)cc1)C(=O)CN(c1ccc2c(c1)OCCO2)S(=O)(=O)CC. The highest BCUT2D eigenvalue weighted by atomic mass is 32.2. The number of carbonyl (C=O) groups is 2. The molecule has 2 amide bonds. The summed E-state index contributed by atoms with van der Waals surface area (Å²) in [6.45, 7) is 6.07. The molecule has 1 unspecified atom stereocenters. The molecule has 0 aromatic heterocycles. The molecule has 1 aliphatic heterocycles. The molecule has 0 spiro atoms. The Morgan fingerprint density at radius 3 is 2.37 bits per heavy atom. The maximum atomic E-state index is 13.7.